The maximum absolute atomic E-state index is 9.42. The van der Waals surface area contributed by atoms with Crippen molar-refractivity contribution in [1.82, 2.24) is 0 Å². The SMILES string of the molecule is C=O.CC1CCC(Oc2ccc(C(OO)C3CCC(C)CC3)cc2)CC1. The van der Waals surface area contributed by atoms with Crippen molar-refractivity contribution in [2.24, 2.45) is 17.8 Å². The minimum Gasteiger partial charge on any atom is -0.490 e. The van der Waals surface area contributed by atoms with Crippen molar-refractivity contribution in [3.8, 4) is 5.75 Å². The highest BCUT2D eigenvalue weighted by Gasteiger charge is 2.28. The molecule has 1 N–H and O–H groups in total. The molecule has 26 heavy (non-hydrogen) atoms. The first-order valence-corrected chi connectivity index (χ1v) is 10.0. The lowest BCUT2D eigenvalue weighted by atomic mass is 9.78. The highest BCUT2D eigenvalue weighted by atomic mass is 17.1. The Bertz CT molecular complexity index is 499. The van der Waals surface area contributed by atoms with Crippen molar-refractivity contribution in [3.63, 3.8) is 0 Å². The van der Waals surface area contributed by atoms with Crippen LogP contribution in [-0.4, -0.2) is 18.2 Å². The number of benzene rings is 1. The van der Waals surface area contributed by atoms with Gasteiger partial charge in [-0.25, -0.2) is 4.89 Å². The highest BCUT2D eigenvalue weighted by molar-refractivity contribution is 5.29. The van der Waals surface area contributed by atoms with Crippen LogP contribution in [0.25, 0.3) is 0 Å². The molecule has 0 aromatic heterocycles. The summed E-state index contributed by atoms with van der Waals surface area (Å²) in [5, 5.41) is 9.42. The minimum atomic E-state index is -0.206. The van der Waals surface area contributed by atoms with Crippen LogP contribution in [0.15, 0.2) is 24.3 Å². The molecule has 0 spiro atoms. The minimum absolute atomic E-state index is 0.206. The number of carbonyl (C=O) groups is 1. The molecule has 4 nitrogen and oxygen atoms in total. The van der Waals surface area contributed by atoms with Crippen molar-refractivity contribution >= 4 is 6.79 Å². The molecule has 0 radical (unpaired) electrons. The van der Waals surface area contributed by atoms with E-state index >= 15 is 0 Å². The fourth-order valence-corrected chi connectivity index (χ4v) is 4.28. The van der Waals surface area contributed by atoms with Crippen LogP contribution < -0.4 is 4.74 Å². The van der Waals surface area contributed by atoms with E-state index in [-0.39, 0.29) is 6.10 Å². The number of rotatable bonds is 5. The summed E-state index contributed by atoms with van der Waals surface area (Å²) in [7, 11) is 0. The zero-order valence-electron chi connectivity index (χ0n) is 16.2. The normalized spacial score (nSPS) is 30.0. The van der Waals surface area contributed by atoms with Gasteiger partial charge in [-0.2, -0.15) is 0 Å². The quantitative estimate of drug-likeness (QED) is 0.530. The van der Waals surface area contributed by atoms with Gasteiger partial charge in [0, 0.05) is 0 Å². The van der Waals surface area contributed by atoms with E-state index in [1.165, 1.54) is 25.7 Å². The highest BCUT2D eigenvalue weighted by Crippen LogP contribution is 2.39. The van der Waals surface area contributed by atoms with E-state index in [4.69, 9.17) is 14.4 Å². The summed E-state index contributed by atoms with van der Waals surface area (Å²) in [5.41, 5.74) is 1.06. The summed E-state index contributed by atoms with van der Waals surface area (Å²) >= 11 is 0. The van der Waals surface area contributed by atoms with E-state index in [0.29, 0.717) is 12.0 Å². The van der Waals surface area contributed by atoms with Gasteiger partial charge in [0.1, 0.15) is 18.6 Å². The van der Waals surface area contributed by atoms with Gasteiger partial charge in [-0.3, -0.25) is 5.26 Å². The summed E-state index contributed by atoms with van der Waals surface area (Å²) in [6.45, 7) is 6.63. The van der Waals surface area contributed by atoms with Crippen LogP contribution in [0.3, 0.4) is 0 Å². The number of ether oxygens (including phenoxy) is 1. The van der Waals surface area contributed by atoms with E-state index in [9.17, 15) is 5.26 Å². The molecule has 3 rings (SSSR count). The molecule has 0 heterocycles. The first kappa shape index (κ1) is 20.9. The molecule has 2 fully saturated rings. The molecule has 0 saturated heterocycles. The van der Waals surface area contributed by atoms with Gasteiger partial charge < -0.3 is 9.53 Å². The van der Waals surface area contributed by atoms with Crippen molar-refractivity contribution in [2.75, 3.05) is 0 Å². The van der Waals surface area contributed by atoms with Crippen LogP contribution in [0.1, 0.15) is 76.9 Å². The molecule has 1 aromatic carbocycles. The summed E-state index contributed by atoms with van der Waals surface area (Å²) < 4.78 is 6.13. The molecule has 2 aliphatic rings. The molecule has 0 bridgehead atoms. The average Bonchev–Trinajstić information content (AvgIpc) is 2.68. The van der Waals surface area contributed by atoms with Gasteiger partial charge in [-0.1, -0.05) is 38.8 Å². The topological polar surface area (TPSA) is 55.8 Å². The fourth-order valence-electron chi connectivity index (χ4n) is 4.28. The third-order valence-electron chi connectivity index (χ3n) is 6.08. The van der Waals surface area contributed by atoms with Gasteiger partial charge in [0.2, 0.25) is 0 Å². The first-order chi connectivity index (χ1) is 12.7. The molecule has 1 aromatic rings. The van der Waals surface area contributed by atoms with Crippen molar-refractivity contribution < 1.29 is 19.7 Å². The van der Waals surface area contributed by atoms with E-state index < -0.39 is 0 Å². The maximum atomic E-state index is 9.42. The van der Waals surface area contributed by atoms with Gasteiger partial charge in [-0.15, -0.1) is 0 Å². The Hall–Kier alpha value is -1.39. The van der Waals surface area contributed by atoms with Crippen LogP contribution in [-0.2, 0) is 9.68 Å². The van der Waals surface area contributed by atoms with Crippen LogP contribution in [0.4, 0.5) is 0 Å². The Morgan fingerprint density at radius 1 is 0.885 bits per heavy atom. The van der Waals surface area contributed by atoms with Crippen LogP contribution >= 0.6 is 0 Å². The monoisotopic (exact) mass is 362 g/mol. The molecule has 146 valence electrons. The Balaban J connectivity index is 0.00000117. The Morgan fingerprint density at radius 3 is 1.88 bits per heavy atom. The lowest BCUT2D eigenvalue weighted by Gasteiger charge is -2.31. The van der Waals surface area contributed by atoms with E-state index in [0.717, 1.165) is 48.8 Å². The molecule has 1 unspecified atom stereocenters. The third-order valence-corrected chi connectivity index (χ3v) is 6.08. The lowest BCUT2D eigenvalue weighted by Crippen LogP contribution is -2.23. The standard InChI is InChI=1S/C21H32O3.CH2O/c1-15-3-7-17(8-4-15)21(24-22)18-9-13-20(14-10-18)23-19-11-5-16(2)6-12-19;1-2/h9-10,13-17,19,21-22H,3-8,11-12H2,1-2H3;1H2. The van der Waals surface area contributed by atoms with Gasteiger partial charge in [0.05, 0.1) is 6.10 Å². The zero-order chi connectivity index (χ0) is 18.9. The zero-order valence-corrected chi connectivity index (χ0v) is 16.2. The smallest absolute Gasteiger partial charge is 0.120 e. The second kappa shape index (κ2) is 10.7. The number of carbonyl (C=O) groups excluding carboxylic acids is 1. The molecule has 0 aliphatic heterocycles. The predicted molar refractivity (Wildman–Crippen MR) is 103 cm³/mol. The molecule has 2 aliphatic carbocycles. The summed E-state index contributed by atoms with van der Waals surface area (Å²) in [4.78, 5) is 12.9. The summed E-state index contributed by atoms with van der Waals surface area (Å²) in [5.74, 6) is 2.99. The molecule has 1 atom stereocenters. The molecular weight excluding hydrogens is 328 g/mol. The number of hydrogen-bond donors (Lipinski definition) is 1. The first-order valence-electron chi connectivity index (χ1n) is 10.0. The third kappa shape index (κ3) is 5.82. The largest absolute Gasteiger partial charge is 0.490 e. The van der Waals surface area contributed by atoms with Crippen molar-refractivity contribution in [1.29, 1.82) is 0 Å². The van der Waals surface area contributed by atoms with Crippen LogP contribution in [0.2, 0.25) is 0 Å². The van der Waals surface area contributed by atoms with Gasteiger partial charge in [0.25, 0.3) is 0 Å². The molecule has 4 heteroatoms. The summed E-state index contributed by atoms with van der Waals surface area (Å²) in [6, 6.07) is 8.18. The average molecular weight is 363 g/mol. The molecule has 0 amide bonds. The van der Waals surface area contributed by atoms with E-state index in [2.05, 4.69) is 26.0 Å². The van der Waals surface area contributed by atoms with E-state index in [1.54, 1.807) is 0 Å². The molecular formula is C22H34O4. The van der Waals surface area contributed by atoms with Gasteiger partial charge >= 0.3 is 0 Å². The molecule has 2 saturated carbocycles. The van der Waals surface area contributed by atoms with Crippen molar-refractivity contribution in [2.45, 2.75) is 77.4 Å². The lowest BCUT2D eigenvalue weighted by molar-refractivity contribution is -0.296. The van der Waals surface area contributed by atoms with Crippen molar-refractivity contribution in [3.05, 3.63) is 29.8 Å². The number of hydrogen-bond acceptors (Lipinski definition) is 4. The van der Waals surface area contributed by atoms with Crippen LogP contribution in [0.5, 0.6) is 5.75 Å². The Morgan fingerprint density at radius 2 is 1.38 bits per heavy atom. The van der Waals surface area contributed by atoms with Gasteiger partial charge in [-0.05, 0) is 74.0 Å². The van der Waals surface area contributed by atoms with Gasteiger partial charge in [0.15, 0.2) is 0 Å². The Kier molecular flexibility index (Phi) is 8.60. The second-order valence-electron chi connectivity index (χ2n) is 8.11. The van der Waals surface area contributed by atoms with E-state index in [1.807, 2.05) is 18.9 Å². The summed E-state index contributed by atoms with van der Waals surface area (Å²) in [6.07, 6.45) is 9.72. The predicted octanol–water partition coefficient (Wildman–Crippen LogP) is 5.82. The fraction of sp³-hybridized carbons (Fsp3) is 0.682. The maximum Gasteiger partial charge on any atom is 0.120 e. The Labute approximate surface area is 157 Å². The van der Waals surface area contributed by atoms with Crippen LogP contribution in [0, 0.1) is 17.8 Å². The second-order valence-corrected chi connectivity index (χ2v) is 8.11.